The molecule has 0 radical (unpaired) electrons. The van der Waals surface area contributed by atoms with Crippen LogP contribution in [-0.2, 0) is 6.42 Å². The minimum absolute atomic E-state index is 0.274. The summed E-state index contributed by atoms with van der Waals surface area (Å²) in [4.78, 5) is 0. The Morgan fingerprint density at radius 3 is 2.93 bits per heavy atom. The maximum absolute atomic E-state index is 13.0. The van der Waals surface area contributed by atoms with Gasteiger partial charge in [-0.05, 0) is 24.6 Å². The molecule has 1 heterocycles. The fraction of sp³-hybridized carbons (Fsp3) is 0.182. The topological polar surface area (TPSA) is 43.8 Å². The van der Waals surface area contributed by atoms with E-state index in [-0.39, 0.29) is 5.82 Å². The number of halogens is 1. The van der Waals surface area contributed by atoms with Gasteiger partial charge in [0.05, 0.1) is 23.3 Å². The minimum atomic E-state index is -0.274. The van der Waals surface area contributed by atoms with Gasteiger partial charge in [-0.1, -0.05) is 13.0 Å². The lowest BCUT2D eigenvalue weighted by Gasteiger charge is -2.06. The van der Waals surface area contributed by atoms with Crippen LogP contribution in [-0.4, -0.2) is 9.78 Å². The van der Waals surface area contributed by atoms with Gasteiger partial charge in [0, 0.05) is 0 Å². The second-order valence-corrected chi connectivity index (χ2v) is 3.29. The summed E-state index contributed by atoms with van der Waals surface area (Å²) in [5, 5.41) is 4.12. The molecule has 2 rings (SSSR count). The summed E-state index contributed by atoms with van der Waals surface area (Å²) in [6.45, 7) is 1.99. The van der Waals surface area contributed by atoms with Crippen LogP contribution < -0.4 is 5.73 Å². The summed E-state index contributed by atoms with van der Waals surface area (Å²) in [6, 6.07) is 6.30. The van der Waals surface area contributed by atoms with E-state index < -0.39 is 0 Å². The van der Waals surface area contributed by atoms with E-state index in [1.54, 1.807) is 23.0 Å². The molecule has 0 saturated heterocycles. The van der Waals surface area contributed by atoms with E-state index in [0.717, 1.165) is 12.1 Å². The first-order valence-corrected chi connectivity index (χ1v) is 4.80. The van der Waals surface area contributed by atoms with Crippen molar-refractivity contribution in [3.05, 3.63) is 42.0 Å². The van der Waals surface area contributed by atoms with Gasteiger partial charge >= 0.3 is 0 Å². The van der Waals surface area contributed by atoms with Gasteiger partial charge in [-0.25, -0.2) is 9.07 Å². The Kier molecular flexibility index (Phi) is 2.41. The van der Waals surface area contributed by atoms with Crippen molar-refractivity contribution in [1.29, 1.82) is 0 Å². The Balaban J connectivity index is 2.54. The summed E-state index contributed by atoms with van der Waals surface area (Å²) >= 11 is 0. The van der Waals surface area contributed by atoms with E-state index in [9.17, 15) is 4.39 Å². The Bertz CT molecular complexity index is 476. The van der Waals surface area contributed by atoms with Crippen LogP contribution in [0.3, 0.4) is 0 Å². The molecule has 0 fully saturated rings. The van der Waals surface area contributed by atoms with Crippen LogP contribution in [0.4, 0.5) is 10.1 Å². The number of nitrogens with two attached hydrogens (primary N) is 1. The summed E-state index contributed by atoms with van der Waals surface area (Å²) in [5.74, 6) is -0.274. The lowest BCUT2D eigenvalue weighted by Crippen LogP contribution is -2.02. The number of anilines is 1. The van der Waals surface area contributed by atoms with Gasteiger partial charge in [0.2, 0.25) is 0 Å². The second-order valence-electron chi connectivity index (χ2n) is 3.29. The van der Waals surface area contributed by atoms with Gasteiger partial charge in [0.25, 0.3) is 0 Å². The fourth-order valence-electron chi connectivity index (χ4n) is 1.57. The largest absolute Gasteiger partial charge is 0.396 e. The van der Waals surface area contributed by atoms with Crippen molar-refractivity contribution >= 4 is 5.69 Å². The molecular formula is C11H12FN3. The van der Waals surface area contributed by atoms with Crippen molar-refractivity contribution in [3.8, 4) is 5.69 Å². The van der Waals surface area contributed by atoms with Crippen LogP contribution in [0.15, 0.2) is 30.5 Å². The van der Waals surface area contributed by atoms with Crippen LogP contribution in [0, 0.1) is 5.82 Å². The monoisotopic (exact) mass is 205 g/mol. The Morgan fingerprint density at radius 1 is 1.47 bits per heavy atom. The lowest BCUT2D eigenvalue weighted by atomic mass is 10.2. The molecule has 0 atom stereocenters. The molecule has 3 nitrogen and oxygen atoms in total. The molecular weight excluding hydrogens is 193 g/mol. The number of benzene rings is 1. The van der Waals surface area contributed by atoms with Crippen LogP contribution in [0.1, 0.15) is 12.6 Å². The van der Waals surface area contributed by atoms with Crippen LogP contribution in [0.25, 0.3) is 5.69 Å². The number of hydrogen-bond acceptors (Lipinski definition) is 2. The van der Waals surface area contributed by atoms with Gasteiger partial charge in [-0.2, -0.15) is 5.10 Å². The number of nitrogens with zero attached hydrogens (tertiary/aromatic N) is 2. The molecule has 0 amide bonds. The predicted molar refractivity (Wildman–Crippen MR) is 57.3 cm³/mol. The molecule has 78 valence electrons. The van der Waals surface area contributed by atoms with Crippen molar-refractivity contribution in [2.75, 3.05) is 5.73 Å². The van der Waals surface area contributed by atoms with Crippen LogP contribution >= 0.6 is 0 Å². The van der Waals surface area contributed by atoms with Gasteiger partial charge in [-0.15, -0.1) is 0 Å². The molecule has 1 aromatic heterocycles. The molecule has 0 aliphatic carbocycles. The zero-order valence-electron chi connectivity index (χ0n) is 8.44. The molecule has 0 unspecified atom stereocenters. The molecule has 0 saturated carbocycles. The third-order valence-corrected chi connectivity index (χ3v) is 2.29. The van der Waals surface area contributed by atoms with E-state index in [2.05, 4.69) is 5.10 Å². The van der Waals surface area contributed by atoms with Crippen LogP contribution in [0.2, 0.25) is 0 Å². The fourth-order valence-corrected chi connectivity index (χ4v) is 1.57. The highest BCUT2D eigenvalue weighted by Crippen LogP contribution is 2.17. The van der Waals surface area contributed by atoms with Crippen molar-refractivity contribution in [2.45, 2.75) is 13.3 Å². The van der Waals surface area contributed by atoms with E-state index in [0.29, 0.717) is 11.4 Å². The smallest absolute Gasteiger partial charge is 0.125 e. The summed E-state index contributed by atoms with van der Waals surface area (Å²) in [6.07, 6.45) is 2.35. The summed E-state index contributed by atoms with van der Waals surface area (Å²) < 4.78 is 14.7. The SMILES string of the molecule is CCc1c(N)cnn1-c1cccc(F)c1. The number of nitrogen functional groups attached to an aromatic ring is 1. The molecule has 2 N–H and O–H groups in total. The number of aromatic nitrogens is 2. The van der Waals surface area contributed by atoms with E-state index >= 15 is 0 Å². The number of hydrogen-bond donors (Lipinski definition) is 1. The zero-order chi connectivity index (χ0) is 10.8. The highest BCUT2D eigenvalue weighted by Gasteiger charge is 2.07. The summed E-state index contributed by atoms with van der Waals surface area (Å²) in [5.41, 5.74) is 7.99. The van der Waals surface area contributed by atoms with Crippen molar-refractivity contribution < 1.29 is 4.39 Å². The maximum atomic E-state index is 13.0. The first-order chi connectivity index (χ1) is 7.22. The highest BCUT2D eigenvalue weighted by molar-refractivity contribution is 5.46. The standard InChI is InChI=1S/C11H12FN3/c1-2-11-10(13)7-14-15(11)9-5-3-4-8(12)6-9/h3-7H,2,13H2,1H3. The minimum Gasteiger partial charge on any atom is -0.396 e. The van der Waals surface area contributed by atoms with Gasteiger partial charge in [0.15, 0.2) is 0 Å². The zero-order valence-corrected chi connectivity index (χ0v) is 8.44. The van der Waals surface area contributed by atoms with Crippen molar-refractivity contribution in [1.82, 2.24) is 9.78 Å². The molecule has 0 bridgehead atoms. The van der Waals surface area contributed by atoms with E-state index in [1.807, 2.05) is 6.92 Å². The average molecular weight is 205 g/mol. The lowest BCUT2D eigenvalue weighted by molar-refractivity contribution is 0.625. The van der Waals surface area contributed by atoms with Gasteiger partial charge in [0.1, 0.15) is 5.82 Å². The normalized spacial score (nSPS) is 10.5. The van der Waals surface area contributed by atoms with Crippen molar-refractivity contribution in [3.63, 3.8) is 0 Å². The van der Waals surface area contributed by atoms with Crippen molar-refractivity contribution in [2.24, 2.45) is 0 Å². The predicted octanol–water partition coefficient (Wildman–Crippen LogP) is 2.16. The Hall–Kier alpha value is -1.84. The van der Waals surface area contributed by atoms with Gasteiger partial charge in [-0.3, -0.25) is 0 Å². The third-order valence-electron chi connectivity index (χ3n) is 2.29. The van der Waals surface area contributed by atoms with Crippen LogP contribution in [0.5, 0.6) is 0 Å². The Labute approximate surface area is 87.3 Å². The van der Waals surface area contributed by atoms with E-state index in [4.69, 9.17) is 5.73 Å². The molecule has 0 aliphatic rings. The first kappa shape index (κ1) is 9.71. The van der Waals surface area contributed by atoms with Gasteiger partial charge < -0.3 is 5.73 Å². The quantitative estimate of drug-likeness (QED) is 0.816. The Morgan fingerprint density at radius 2 is 2.27 bits per heavy atom. The first-order valence-electron chi connectivity index (χ1n) is 4.80. The molecule has 4 heteroatoms. The highest BCUT2D eigenvalue weighted by atomic mass is 19.1. The maximum Gasteiger partial charge on any atom is 0.125 e. The third kappa shape index (κ3) is 1.70. The molecule has 2 aromatic rings. The number of rotatable bonds is 2. The average Bonchev–Trinajstić information content (AvgIpc) is 2.59. The van der Waals surface area contributed by atoms with E-state index in [1.165, 1.54) is 12.1 Å². The molecule has 15 heavy (non-hydrogen) atoms. The second kappa shape index (κ2) is 3.73. The molecule has 1 aromatic carbocycles. The molecule has 0 spiro atoms. The summed E-state index contributed by atoms with van der Waals surface area (Å²) in [7, 11) is 0. The molecule has 0 aliphatic heterocycles.